The molecule has 1 aromatic heterocycles. The number of nitrogens with zero attached hydrogens (tertiary/aromatic N) is 5. The maximum Gasteiger partial charge on any atom is 0.227 e. The van der Waals surface area contributed by atoms with Gasteiger partial charge in [0.1, 0.15) is 0 Å². The maximum absolute atomic E-state index is 12.9. The van der Waals surface area contributed by atoms with Crippen LogP contribution < -0.4 is 0 Å². The van der Waals surface area contributed by atoms with Crippen molar-refractivity contribution < 1.29 is 9.59 Å². The molecule has 0 saturated carbocycles. The van der Waals surface area contributed by atoms with Gasteiger partial charge in [0.2, 0.25) is 11.8 Å². The zero-order chi connectivity index (χ0) is 27.7. The van der Waals surface area contributed by atoms with Crippen molar-refractivity contribution in [2.75, 3.05) is 25.4 Å². The first-order chi connectivity index (χ1) is 19.6. The van der Waals surface area contributed by atoms with Crippen molar-refractivity contribution in [2.45, 2.75) is 43.8 Å². The lowest BCUT2D eigenvalue weighted by Gasteiger charge is -2.40. The molecule has 40 heavy (non-hydrogen) atoms. The van der Waals surface area contributed by atoms with Gasteiger partial charge in [-0.1, -0.05) is 90.6 Å². The second-order valence-electron chi connectivity index (χ2n) is 10.1. The molecule has 2 heterocycles. The van der Waals surface area contributed by atoms with E-state index in [9.17, 15) is 9.59 Å². The van der Waals surface area contributed by atoms with Gasteiger partial charge in [-0.05, 0) is 37.5 Å². The average molecular weight is 554 g/mol. The summed E-state index contributed by atoms with van der Waals surface area (Å²) in [5.74, 6) is 1.97. The SMILES string of the molecule is CC1CN(C(=O)CCCCSc2nnc(-c3ccccc3)n2-c2ccccc2)CCN1C(=O)Cc1ccccc1. The van der Waals surface area contributed by atoms with Gasteiger partial charge in [-0.15, -0.1) is 10.2 Å². The van der Waals surface area contributed by atoms with Gasteiger partial charge in [0, 0.05) is 49.1 Å². The van der Waals surface area contributed by atoms with Crippen LogP contribution in [0.15, 0.2) is 96.2 Å². The summed E-state index contributed by atoms with van der Waals surface area (Å²) in [5.41, 5.74) is 3.07. The van der Waals surface area contributed by atoms with E-state index in [-0.39, 0.29) is 17.9 Å². The van der Waals surface area contributed by atoms with Crippen molar-refractivity contribution in [3.05, 3.63) is 96.6 Å². The van der Waals surface area contributed by atoms with Gasteiger partial charge in [0.25, 0.3) is 0 Å². The number of para-hydroxylation sites is 1. The smallest absolute Gasteiger partial charge is 0.227 e. The third kappa shape index (κ3) is 6.80. The standard InChI is InChI=1S/C32H35N5O2S/c1-25-24-35(20-21-36(25)30(39)23-26-13-5-2-6-14-26)29(38)19-11-12-22-40-32-34-33-31(27-15-7-3-8-16-27)37(32)28-17-9-4-10-18-28/h2-10,13-18,25H,11-12,19-24H2,1H3. The number of rotatable bonds is 10. The predicted molar refractivity (Wildman–Crippen MR) is 159 cm³/mol. The fourth-order valence-corrected chi connectivity index (χ4v) is 6.02. The van der Waals surface area contributed by atoms with Gasteiger partial charge < -0.3 is 9.80 Å². The van der Waals surface area contributed by atoms with E-state index in [0.717, 1.165) is 46.4 Å². The summed E-state index contributed by atoms with van der Waals surface area (Å²) < 4.78 is 2.10. The summed E-state index contributed by atoms with van der Waals surface area (Å²) in [5, 5.41) is 9.85. The number of amides is 2. The van der Waals surface area contributed by atoms with Crippen molar-refractivity contribution in [1.29, 1.82) is 0 Å². The van der Waals surface area contributed by atoms with Gasteiger partial charge in [-0.2, -0.15) is 0 Å². The molecule has 1 saturated heterocycles. The third-order valence-corrected chi connectivity index (χ3v) is 8.21. The highest BCUT2D eigenvalue weighted by molar-refractivity contribution is 7.99. The molecule has 5 rings (SSSR count). The molecule has 8 heteroatoms. The molecular weight excluding hydrogens is 518 g/mol. The van der Waals surface area contributed by atoms with Crippen molar-refractivity contribution in [3.63, 3.8) is 0 Å². The summed E-state index contributed by atoms with van der Waals surface area (Å²) in [7, 11) is 0. The number of unbranched alkanes of at least 4 members (excludes halogenated alkanes) is 1. The van der Waals surface area contributed by atoms with Crippen molar-refractivity contribution in [2.24, 2.45) is 0 Å². The van der Waals surface area contributed by atoms with E-state index in [4.69, 9.17) is 0 Å². The average Bonchev–Trinajstić information content (AvgIpc) is 3.42. The minimum absolute atomic E-state index is 0.0209. The highest BCUT2D eigenvalue weighted by atomic mass is 32.2. The Labute approximate surface area is 240 Å². The van der Waals surface area contributed by atoms with Crippen LogP contribution in [0, 0.1) is 0 Å². The van der Waals surface area contributed by atoms with E-state index in [0.29, 0.717) is 32.5 Å². The fourth-order valence-electron chi connectivity index (χ4n) is 5.07. The summed E-state index contributed by atoms with van der Waals surface area (Å²) >= 11 is 1.67. The van der Waals surface area contributed by atoms with Gasteiger partial charge in [0.15, 0.2) is 11.0 Å². The number of aromatic nitrogens is 3. The number of carbonyl (C=O) groups excluding carboxylic acids is 2. The number of hydrogen-bond acceptors (Lipinski definition) is 5. The Morgan fingerprint density at radius 1 is 0.825 bits per heavy atom. The molecule has 7 nitrogen and oxygen atoms in total. The maximum atomic E-state index is 12.9. The Balaban J connectivity index is 1.10. The lowest BCUT2D eigenvalue weighted by atomic mass is 10.1. The topological polar surface area (TPSA) is 71.3 Å². The molecule has 0 N–H and O–H groups in total. The van der Waals surface area contributed by atoms with E-state index in [2.05, 4.69) is 26.9 Å². The van der Waals surface area contributed by atoms with Crippen LogP contribution in [0.4, 0.5) is 0 Å². The van der Waals surface area contributed by atoms with Crippen LogP contribution in [-0.4, -0.2) is 67.8 Å². The lowest BCUT2D eigenvalue weighted by Crippen LogP contribution is -2.55. The van der Waals surface area contributed by atoms with Crippen LogP contribution in [0.1, 0.15) is 31.7 Å². The number of thioether (sulfide) groups is 1. The van der Waals surface area contributed by atoms with Crippen molar-refractivity contribution in [3.8, 4) is 17.1 Å². The molecule has 0 radical (unpaired) electrons. The summed E-state index contributed by atoms with van der Waals surface area (Å²) in [6.45, 7) is 3.82. The minimum atomic E-state index is 0.0209. The molecule has 1 atom stereocenters. The summed E-state index contributed by atoms with van der Waals surface area (Å²) in [4.78, 5) is 29.6. The lowest BCUT2D eigenvalue weighted by molar-refractivity contribution is -0.142. The highest BCUT2D eigenvalue weighted by Gasteiger charge is 2.29. The molecule has 1 fully saturated rings. The Morgan fingerprint density at radius 2 is 1.50 bits per heavy atom. The van der Waals surface area contributed by atoms with Crippen molar-refractivity contribution >= 4 is 23.6 Å². The normalized spacial score (nSPS) is 15.3. The van der Waals surface area contributed by atoms with Crippen LogP contribution in [0.2, 0.25) is 0 Å². The quantitative estimate of drug-likeness (QED) is 0.192. The second kappa shape index (κ2) is 13.4. The molecule has 3 aromatic carbocycles. The Hall–Kier alpha value is -3.91. The van der Waals surface area contributed by atoms with Gasteiger partial charge >= 0.3 is 0 Å². The van der Waals surface area contributed by atoms with Gasteiger partial charge in [-0.25, -0.2) is 0 Å². The molecule has 206 valence electrons. The number of hydrogen-bond donors (Lipinski definition) is 0. The molecule has 0 aliphatic carbocycles. The highest BCUT2D eigenvalue weighted by Crippen LogP contribution is 2.28. The van der Waals surface area contributed by atoms with Crippen LogP contribution >= 0.6 is 11.8 Å². The van der Waals surface area contributed by atoms with Crippen LogP contribution in [0.3, 0.4) is 0 Å². The molecular formula is C32H35N5O2S. The van der Waals surface area contributed by atoms with E-state index in [1.54, 1.807) is 11.8 Å². The van der Waals surface area contributed by atoms with E-state index >= 15 is 0 Å². The number of carbonyl (C=O) groups is 2. The minimum Gasteiger partial charge on any atom is -0.339 e. The number of benzene rings is 3. The van der Waals surface area contributed by atoms with E-state index in [1.807, 2.05) is 95.6 Å². The molecule has 1 unspecified atom stereocenters. The van der Waals surface area contributed by atoms with Gasteiger partial charge in [-0.3, -0.25) is 14.2 Å². The fraction of sp³-hybridized carbons (Fsp3) is 0.312. The monoisotopic (exact) mass is 553 g/mol. The second-order valence-corrected chi connectivity index (χ2v) is 11.1. The molecule has 0 spiro atoms. The molecule has 4 aromatic rings. The molecule has 2 amide bonds. The zero-order valence-electron chi connectivity index (χ0n) is 22.9. The molecule has 1 aliphatic heterocycles. The summed E-state index contributed by atoms with van der Waals surface area (Å²) in [6.07, 6.45) is 2.65. The van der Waals surface area contributed by atoms with Crippen LogP contribution in [0.25, 0.3) is 17.1 Å². The number of piperazine rings is 1. The first-order valence-electron chi connectivity index (χ1n) is 13.9. The Kier molecular flexibility index (Phi) is 9.29. The largest absolute Gasteiger partial charge is 0.339 e. The van der Waals surface area contributed by atoms with Crippen LogP contribution in [0.5, 0.6) is 0 Å². The summed E-state index contributed by atoms with van der Waals surface area (Å²) in [6, 6.07) is 30.1. The van der Waals surface area contributed by atoms with E-state index in [1.165, 1.54) is 0 Å². The first kappa shape index (κ1) is 27.6. The Bertz CT molecular complexity index is 1390. The van der Waals surface area contributed by atoms with Gasteiger partial charge in [0.05, 0.1) is 6.42 Å². The van der Waals surface area contributed by atoms with Crippen LogP contribution in [-0.2, 0) is 16.0 Å². The van der Waals surface area contributed by atoms with Crippen molar-refractivity contribution in [1.82, 2.24) is 24.6 Å². The van der Waals surface area contributed by atoms with E-state index < -0.39 is 0 Å². The first-order valence-corrected chi connectivity index (χ1v) is 14.9. The predicted octanol–water partition coefficient (Wildman–Crippen LogP) is 5.50. The Morgan fingerprint density at radius 3 is 2.20 bits per heavy atom. The third-order valence-electron chi connectivity index (χ3n) is 7.19. The molecule has 0 bridgehead atoms. The molecule has 1 aliphatic rings. The zero-order valence-corrected chi connectivity index (χ0v) is 23.7.